The van der Waals surface area contributed by atoms with Gasteiger partial charge in [-0.1, -0.05) is 12.1 Å². The molecule has 2 aromatic carbocycles. The number of amides is 1. The third kappa shape index (κ3) is 2.95. The number of nitrogens with zero attached hydrogens (tertiary/aromatic N) is 2. The van der Waals surface area contributed by atoms with Crippen LogP contribution in [0.15, 0.2) is 41.2 Å². The monoisotopic (exact) mass is 369 g/mol. The fraction of sp³-hybridized carbons (Fsp3) is 0.211. The predicted molar refractivity (Wildman–Crippen MR) is 103 cm³/mol. The molecule has 0 spiro atoms. The first kappa shape index (κ1) is 18.0. The molecule has 1 heterocycles. The molecule has 3 rings (SSSR count). The van der Waals surface area contributed by atoms with Crippen molar-refractivity contribution in [2.24, 2.45) is 0 Å². The van der Waals surface area contributed by atoms with Crippen LogP contribution in [0, 0.1) is 18.6 Å². The number of aromatic nitrogens is 2. The zero-order chi connectivity index (χ0) is 19.0. The number of fused-ring (bicyclic) bond motifs is 1. The summed E-state index contributed by atoms with van der Waals surface area (Å²) in [5.41, 5.74) is 3.50. The Kier molecular flexibility index (Phi) is 4.76. The van der Waals surface area contributed by atoms with Gasteiger partial charge >= 0.3 is 0 Å². The van der Waals surface area contributed by atoms with Crippen LogP contribution in [0.3, 0.4) is 0 Å². The van der Waals surface area contributed by atoms with E-state index in [1.807, 2.05) is 32.0 Å². The van der Waals surface area contributed by atoms with E-state index in [1.165, 1.54) is 18.7 Å². The van der Waals surface area contributed by atoms with Crippen LogP contribution in [-0.2, 0) is 4.84 Å². The highest BCUT2D eigenvalue weighted by Crippen LogP contribution is 2.18. The maximum absolute atomic E-state index is 13.0. The summed E-state index contributed by atoms with van der Waals surface area (Å²) in [6.07, 6.45) is 0. The van der Waals surface area contributed by atoms with Crippen molar-refractivity contribution in [3.63, 3.8) is 0 Å². The Morgan fingerprint density at radius 3 is 2.65 bits per heavy atom. The number of hydroxylamine groups is 2. The number of carbonyl (C=O) groups excluding carboxylic acids is 1. The Hall–Kier alpha value is -2.77. The van der Waals surface area contributed by atoms with Crippen molar-refractivity contribution in [1.82, 2.24) is 14.6 Å². The van der Waals surface area contributed by atoms with Gasteiger partial charge in [-0.3, -0.25) is 19.0 Å². The van der Waals surface area contributed by atoms with Crippen LogP contribution in [0.1, 0.15) is 21.5 Å². The number of H-pyrrole nitrogens is 1. The molecule has 1 N–H and O–H groups in total. The molecular formula is C19H19N3O3S. The lowest BCUT2D eigenvalue weighted by atomic mass is 10.1. The average Bonchev–Trinajstić information content (AvgIpc) is 2.63. The van der Waals surface area contributed by atoms with E-state index in [4.69, 9.17) is 17.1 Å². The SMILES string of the molecule is CON(C)C(=O)c1ccc2c(=O)n(-c3cccc(C)c3C)c(=S)[nH]c2c1. The Morgan fingerprint density at radius 1 is 1.23 bits per heavy atom. The standard InChI is InChI=1S/C19H19N3O3S/c1-11-6-5-7-16(12(11)2)22-18(24)14-9-8-13(17(23)21(3)25-4)10-15(14)20-19(22)26/h5-10H,1-4H3,(H,20,26). The lowest BCUT2D eigenvalue weighted by Crippen LogP contribution is -2.26. The fourth-order valence-corrected chi connectivity index (χ4v) is 3.10. The lowest BCUT2D eigenvalue weighted by Gasteiger charge is -2.15. The van der Waals surface area contributed by atoms with E-state index in [2.05, 4.69) is 4.98 Å². The van der Waals surface area contributed by atoms with Gasteiger partial charge in [0.2, 0.25) is 0 Å². The first-order valence-electron chi connectivity index (χ1n) is 8.03. The average molecular weight is 369 g/mol. The van der Waals surface area contributed by atoms with Crippen LogP contribution >= 0.6 is 12.2 Å². The van der Waals surface area contributed by atoms with Gasteiger partial charge in [-0.25, -0.2) is 5.06 Å². The molecular weight excluding hydrogens is 350 g/mol. The maximum atomic E-state index is 13.0. The van der Waals surface area contributed by atoms with Gasteiger partial charge in [0.1, 0.15) is 0 Å². The van der Waals surface area contributed by atoms with Crippen LogP contribution in [0.25, 0.3) is 16.6 Å². The van der Waals surface area contributed by atoms with Gasteiger partial charge in [0.25, 0.3) is 11.5 Å². The molecule has 0 saturated carbocycles. The summed E-state index contributed by atoms with van der Waals surface area (Å²) in [6, 6.07) is 10.6. The molecule has 7 heteroatoms. The first-order valence-corrected chi connectivity index (χ1v) is 8.44. The van der Waals surface area contributed by atoms with Gasteiger partial charge < -0.3 is 4.98 Å². The summed E-state index contributed by atoms with van der Waals surface area (Å²) in [6.45, 7) is 3.94. The number of aromatic amines is 1. The predicted octanol–water partition coefficient (Wildman–Crippen LogP) is 3.30. The summed E-state index contributed by atoms with van der Waals surface area (Å²) in [7, 11) is 2.93. The van der Waals surface area contributed by atoms with E-state index < -0.39 is 0 Å². The number of hydrogen-bond donors (Lipinski definition) is 1. The zero-order valence-electron chi connectivity index (χ0n) is 15.0. The van der Waals surface area contributed by atoms with E-state index in [9.17, 15) is 9.59 Å². The van der Waals surface area contributed by atoms with Crippen molar-refractivity contribution in [3.05, 3.63) is 68.2 Å². The number of hydrogen-bond acceptors (Lipinski definition) is 4. The molecule has 0 aliphatic heterocycles. The summed E-state index contributed by atoms with van der Waals surface area (Å²) in [5, 5.41) is 1.57. The first-order chi connectivity index (χ1) is 12.3. The molecule has 1 aromatic heterocycles. The molecule has 0 aliphatic carbocycles. The molecule has 26 heavy (non-hydrogen) atoms. The van der Waals surface area contributed by atoms with Gasteiger partial charge in [0.15, 0.2) is 4.77 Å². The minimum Gasteiger partial charge on any atom is -0.331 e. The molecule has 0 aliphatic rings. The third-order valence-electron chi connectivity index (χ3n) is 4.52. The van der Waals surface area contributed by atoms with E-state index in [0.717, 1.165) is 21.9 Å². The topological polar surface area (TPSA) is 67.3 Å². The molecule has 0 saturated heterocycles. The second-order valence-electron chi connectivity index (χ2n) is 6.04. The molecule has 0 fully saturated rings. The molecule has 134 valence electrons. The third-order valence-corrected chi connectivity index (χ3v) is 4.81. The Bertz CT molecular complexity index is 1130. The summed E-state index contributed by atoms with van der Waals surface area (Å²) < 4.78 is 1.77. The zero-order valence-corrected chi connectivity index (χ0v) is 15.8. The van der Waals surface area contributed by atoms with E-state index in [0.29, 0.717) is 16.5 Å². The van der Waals surface area contributed by atoms with Crippen molar-refractivity contribution < 1.29 is 9.63 Å². The van der Waals surface area contributed by atoms with E-state index in [1.54, 1.807) is 18.2 Å². The van der Waals surface area contributed by atoms with Gasteiger partial charge in [-0.05, 0) is 61.5 Å². The lowest BCUT2D eigenvalue weighted by molar-refractivity contribution is -0.0756. The van der Waals surface area contributed by atoms with Crippen molar-refractivity contribution in [2.45, 2.75) is 13.8 Å². The molecule has 0 bridgehead atoms. The number of nitrogens with one attached hydrogen (secondary N) is 1. The molecule has 1 amide bonds. The van der Waals surface area contributed by atoms with Crippen molar-refractivity contribution in [2.75, 3.05) is 14.2 Å². The van der Waals surface area contributed by atoms with Crippen molar-refractivity contribution in [3.8, 4) is 5.69 Å². The van der Waals surface area contributed by atoms with Crippen LogP contribution in [0.2, 0.25) is 0 Å². The second-order valence-corrected chi connectivity index (χ2v) is 6.42. The summed E-state index contributed by atoms with van der Waals surface area (Å²) in [4.78, 5) is 33.3. The Morgan fingerprint density at radius 2 is 1.96 bits per heavy atom. The van der Waals surface area contributed by atoms with Gasteiger partial charge in [0.05, 0.1) is 23.7 Å². The summed E-state index contributed by atoms with van der Waals surface area (Å²) >= 11 is 5.42. The molecule has 0 atom stereocenters. The number of rotatable bonds is 3. The maximum Gasteiger partial charge on any atom is 0.277 e. The van der Waals surface area contributed by atoms with Crippen LogP contribution in [0.5, 0.6) is 0 Å². The normalized spacial score (nSPS) is 10.9. The van der Waals surface area contributed by atoms with E-state index in [-0.39, 0.29) is 16.2 Å². The molecule has 3 aromatic rings. The minimum absolute atomic E-state index is 0.225. The Balaban J connectivity index is 2.24. The van der Waals surface area contributed by atoms with Crippen molar-refractivity contribution in [1.29, 1.82) is 0 Å². The van der Waals surface area contributed by atoms with Crippen LogP contribution in [-0.4, -0.2) is 34.7 Å². The highest BCUT2D eigenvalue weighted by atomic mass is 32.1. The van der Waals surface area contributed by atoms with Crippen LogP contribution < -0.4 is 5.56 Å². The number of carbonyl (C=O) groups is 1. The highest BCUT2D eigenvalue weighted by molar-refractivity contribution is 7.71. The smallest absolute Gasteiger partial charge is 0.277 e. The second kappa shape index (κ2) is 6.86. The van der Waals surface area contributed by atoms with Gasteiger partial charge in [0, 0.05) is 12.6 Å². The molecule has 0 radical (unpaired) electrons. The van der Waals surface area contributed by atoms with Gasteiger partial charge in [-0.15, -0.1) is 0 Å². The number of aryl methyl sites for hydroxylation is 1. The van der Waals surface area contributed by atoms with E-state index >= 15 is 0 Å². The molecule has 0 unspecified atom stereocenters. The van der Waals surface area contributed by atoms with Crippen LogP contribution in [0.4, 0.5) is 0 Å². The quantitative estimate of drug-likeness (QED) is 0.568. The minimum atomic E-state index is -0.313. The Labute approximate surface area is 155 Å². The largest absolute Gasteiger partial charge is 0.331 e. The number of benzene rings is 2. The fourth-order valence-electron chi connectivity index (χ4n) is 2.81. The van der Waals surface area contributed by atoms with Gasteiger partial charge in [-0.2, -0.15) is 0 Å². The molecule has 6 nitrogen and oxygen atoms in total. The highest BCUT2D eigenvalue weighted by Gasteiger charge is 2.15. The van der Waals surface area contributed by atoms with Crippen molar-refractivity contribution >= 4 is 29.0 Å². The summed E-state index contributed by atoms with van der Waals surface area (Å²) in [5.74, 6) is -0.313.